The Hall–Kier alpha value is -3.75. The van der Waals surface area contributed by atoms with E-state index in [9.17, 15) is 24.5 Å². The summed E-state index contributed by atoms with van der Waals surface area (Å²) in [5, 5.41) is 12.7. The normalized spacial score (nSPS) is 16.1. The quantitative estimate of drug-likeness (QED) is 0.389. The number of amides is 4. The first kappa shape index (κ1) is 17.1. The molecule has 1 fully saturated rings. The van der Waals surface area contributed by atoms with Crippen LogP contribution >= 0.6 is 0 Å². The fourth-order valence-corrected chi connectivity index (χ4v) is 2.43. The number of barbiturate groups is 1. The summed E-state index contributed by atoms with van der Waals surface area (Å²) in [6.07, 6.45) is 1.85. The number of anilines is 1. The zero-order chi connectivity index (χ0) is 18.8. The molecule has 0 radical (unpaired) electrons. The molecule has 1 aliphatic heterocycles. The SMILES string of the molecule is CCc1ccc(N2C(=O)NC(=O)/C(=C/c3ccc([N+](=O)[O-])o3)C2=O)cc1. The number of rotatable bonds is 4. The van der Waals surface area contributed by atoms with Gasteiger partial charge < -0.3 is 4.42 Å². The second kappa shape index (κ2) is 6.63. The lowest BCUT2D eigenvalue weighted by atomic mass is 10.1. The first-order valence-electron chi connectivity index (χ1n) is 7.65. The maximum absolute atomic E-state index is 12.6. The van der Waals surface area contributed by atoms with Gasteiger partial charge in [0.25, 0.3) is 11.8 Å². The molecule has 1 aliphatic rings. The summed E-state index contributed by atoms with van der Waals surface area (Å²) >= 11 is 0. The molecule has 1 aromatic carbocycles. The molecule has 0 atom stereocenters. The number of nitro groups is 1. The second-order valence-electron chi connectivity index (χ2n) is 5.41. The molecule has 132 valence electrons. The Labute approximate surface area is 147 Å². The van der Waals surface area contributed by atoms with Gasteiger partial charge in [-0.2, -0.15) is 0 Å². The van der Waals surface area contributed by atoms with E-state index in [1.165, 1.54) is 6.07 Å². The highest BCUT2D eigenvalue weighted by molar-refractivity contribution is 6.39. The molecule has 0 saturated carbocycles. The van der Waals surface area contributed by atoms with Crippen LogP contribution in [-0.2, 0) is 16.0 Å². The van der Waals surface area contributed by atoms with Gasteiger partial charge in [0.15, 0.2) is 0 Å². The minimum Gasteiger partial charge on any atom is -0.401 e. The third-order valence-electron chi connectivity index (χ3n) is 3.78. The maximum Gasteiger partial charge on any atom is 0.433 e. The molecule has 26 heavy (non-hydrogen) atoms. The molecule has 2 heterocycles. The van der Waals surface area contributed by atoms with E-state index in [4.69, 9.17) is 4.42 Å². The first-order valence-corrected chi connectivity index (χ1v) is 7.65. The molecule has 1 N–H and O–H groups in total. The molecule has 3 rings (SSSR count). The van der Waals surface area contributed by atoms with Crippen LogP contribution in [-0.4, -0.2) is 22.8 Å². The van der Waals surface area contributed by atoms with Crippen LogP contribution < -0.4 is 10.2 Å². The third kappa shape index (κ3) is 3.09. The Kier molecular flexibility index (Phi) is 4.36. The van der Waals surface area contributed by atoms with Gasteiger partial charge in [-0.05, 0) is 36.3 Å². The van der Waals surface area contributed by atoms with E-state index >= 15 is 0 Å². The monoisotopic (exact) mass is 355 g/mol. The van der Waals surface area contributed by atoms with E-state index in [0.717, 1.165) is 29.0 Å². The molecule has 0 spiro atoms. The highest BCUT2D eigenvalue weighted by atomic mass is 16.6. The number of hydrogen-bond donors (Lipinski definition) is 1. The number of benzene rings is 1. The standard InChI is InChI=1S/C17H13N3O6/c1-2-10-3-5-11(6-4-10)19-16(22)13(15(21)18-17(19)23)9-12-7-8-14(26-12)20(24)25/h3-9H,2H2,1H3,(H,18,21,23)/b13-9-. The summed E-state index contributed by atoms with van der Waals surface area (Å²) in [7, 11) is 0. The minimum atomic E-state index is -0.902. The molecule has 0 aliphatic carbocycles. The van der Waals surface area contributed by atoms with Gasteiger partial charge in [0.2, 0.25) is 0 Å². The number of aryl methyl sites for hydroxylation is 1. The third-order valence-corrected chi connectivity index (χ3v) is 3.78. The lowest BCUT2D eigenvalue weighted by molar-refractivity contribution is -0.402. The summed E-state index contributed by atoms with van der Waals surface area (Å²) in [5.41, 5.74) is 0.954. The molecular formula is C17H13N3O6. The van der Waals surface area contributed by atoms with Crippen LogP contribution in [0, 0.1) is 10.1 Å². The average molecular weight is 355 g/mol. The van der Waals surface area contributed by atoms with Gasteiger partial charge in [0.1, 0.15) is 16.3 Å². The van der Waals surface area contributed by atoms with Gasteiger partial charge in [-0.3, -0.25) is 25.0 Å². The van der Waals surface area contributed by atoms with Crippen molar-refractivity contribution in [2.75, 3.05) is 4.90 Å². The molecule has 9 heteroatoms. The van der Waals surface area contributed by atoms with Crippen LogP contribution in [0.15, 0.2) is 46.4 Å². The number of nitrogens with zero attached hydrogens (tertiary/aromatic N) is 2. The van der Waals surface area contributed by atoms with Crippen molar-refractivity contribution >= 4 is 35.5 Å². The first-order chi connectivity index (χ1) is 12.4. The minimum absolute atomic E-state index is 0.0502. The van der Waals surface area contributed by atoms with Crippen molar-refractivity contribution in [1.82, 2.24) is 5.32 Å². The highest BCUT2D eigenvalue weighted by Crippen LogP contribution is 2.24. The van der Waals surface area contributed by atoms with E-state index in [1.807, 2.05) is 6.92 Å². The van der Waals surface area contributed by atoms with Crippen molar-refractivity contribution < 1.29 is 23.7 Å². The number of imide groups is 2. The van der Waals surface area contributed by atoms with Crippen LogP contribution in [0.1, 0.15) is 18.2 Å². The zero-order valence-electron chi connectivity index (χ0n) is 13.6. The molecule has 4 amide bonds. The largest absolute Gasteiger partial charge is 0.433 e. The smallest absolute Gasteiger partial charge is 0.401 e. The Bertz CT molecular complexity index is 942. The fourth-order valence-electron chi connectivity index (χ4n) is 2.43. The summed E-state index contributed by atoms with van der Waals surface area (Å²) in [5.74, 6) is -2.32. The van der Waals surface area contributed by atoms with E-state index < -0.39 is 28.7 Å². The van der Waals surface area contributed by atoms with Gasteiger partial charge in [-0.25, -0.2) is 9.69 Å². The van der Waals surface area contributed by atoms with Crippen molar-refractivity contribution in [3.8, 4) is 0 Å². The molecular weight excluding hydrogens is 342 g/mol. The number of hydrogen-bond acceptors (Lipinski definition) is 6. The van der Waals surface area contributed by atoms with Crippen molar-refractivity contribution in [2.45, 2.75) is 13.3 Å². The summed E-state index contributed by atoms with van der Waals surface area (Å²) < 4.78 is 4.93. The summed E-state index contributed by atoms with van der Waals surface area (Å²) in [6.45, 7) is 1.97. The Balaban J connectivity index is 1.96. The Morgan fingerprint density at radius 3 is 2.42 bits per heavy atom. The molecule has 0 unspecified atom stereocenters. The topological polar surface area (TPSA) is 123 Å². The maximum atomic E-state index is 12.6. The van der Waals surface area contributed by atoms with Gasteiger partial charge in [-0.15, -0.1) is 0 Å². The molecule has 2 aromatic rings. The molecule has 9 nitrogen and oxygen atoms in total. The van der Waals surface area contributed by atoms with Crippen molar-refractivity contribution in [2.24, 2.45) is 0 Å². The van der Waals surface area contributed by atoms with Crippen molar-refractivity contribution in [3.05, 3.63) is 63.4 Å². The van der Waals surface area contributed by atoms with Gasteiger partial charge >= 0.3 is 11.9 Å². The molecule has 1 aromatic heterocycles. The second-order valence-corrected chi connectivity index (χ2v) is 5.41. The van der Waals surface area contributed by atoms with E-state index in [2.05, 4.69) is 5.32 Å². The summed E-state index contributed by atoms with van der Waals surface area (Å²) in [6, 6.07) is 8.22. The Morgan fingerprint density at radius 1 is 1.15 bits per heavy atom. The number of carbonyl (C=O) groups is 3. The van der Waals surface area contributed by atoms with E-state index in [1.54, 1.807) is 24.3 Å². The average Bonchev–Trinajstić information content (AvgIpc) is 3.08. The summed E-state index contributed by atoms with van der Waals surface area (Å²) in [4.78, 5) is 47.5. The highest BCUT2D eigenvalue weighted by Gasteiger charge is 2.37. The van der Waals surface area contributed by atoms with Gasteiger partial charge in [0, 0.05) is 0 Å². The number of furan rings is 1. The predicted molar refractivity (Wildman–Crippen MR) is 90.2 cm³/mol. The lowest BCUT2D eigenvalue weighted by Gasteiger charge is -2.26. The van der Waals surface area contributed by atoms with Gasteiger partial charge in [-0.1, -0.05) is 19.1 Å². The van der Waals surface area contributed by atoms with Gasteiger partial charge in [0.05, 0.1) is 11.8 Å². The molecule has 1 saturated heterocycles. The number of nitrogens with one attached hydrogen (secondary N) is 1. The zero-order valence-corrected chi connectivity index (χ0v) is 13.6. The molecule has 0 bridgehead atoms. The lowest BCUT2D eigenvalue weighted by Crippen LogP contribution is -2.54. The van der Waals surface area contributed by atoms with Crippen molar-refractivity contribution in [3.63, 3.8) is 0 Å². The van der Waals surface area contributed by atoms with Crippen LogP contribution in [0.5, 0.6) is 0 Å². The number of urea groups is 1. The van der Waals surface area contributed by atoms with E-state index in [-0.39, 0.29) is 11.3 Å². The Morgan fingerprint density at radius 2 is 1.85 bits per heavy atom. The fraction of sp³-hybridized carbons (Fsp3) is 0.118. The van der Waals surface area contributed by atoms with Crippen LogP contribution in [0.25, 0.3) is 6.08 Å². The van der Waals surface area contributed by atoms with Crippen LogP contribution in [0.3, 0.4) is 0 Å². The van der Waals surface area contributed by atoms with Crippen LogP contribution in [0.2, 0.25) is 0 Å². The van der Waals surface area contributed by atoms with Crippen LogP contribution in [0.4, 0.5) is 16.4 Å². The van der Waals surface area contributed by atoms with Crippen molar-refractivity contribution in [1.29, 1.82) is 0 Å². The number of carbonyl (C=O) groups excluding carboxylic acids is 3. The van der Waals surface area contributed by atoms with E-state index in [0.29, 0.717) is 5.69 Å². The predicted octanol–water partition coefficient (Wildman–Crippen LogP) is 2.42.